The van der Waals surface area contributed by atoms with Crippen LogP contribution in [0, 0.1) is 13.8 Å². The van der Waals surface area contributed by atoms with Crippen molar-refractivity contribution in [2.24, 2.45) is 7.05 Å². The molecule has 0 spiro atoms. The van der Waals surface area contributed by atoms with E-state index >= 15 is 0 Å². The molecule has 1 amide bonds. The average molecular weight is 344 g/mol. The van der Waals surface area contributed by atoms with Gasteiger partial charge in [-0.2, -0.15) is 5.10 Å². The quantitative estimate of drug-likeness (QED) is 0.746. The molecule has 0 aliphatic rings. The lowest BCUT2D eigenvalue weighted by Gasteiger charge is -2.04. The number of thiophene rings is 1. The third kappa shape index (κ3) is 3.56. The summed E-state index contributed by atoms with van der Waals surface area (Å²) in [5.41, 5.74) is 3.96. The number of hydrogen-bond acceptors (Lipinski definition) is 5. The van der Waals surface area contributed by atoms with Gasteiger partial charge in [-0.15, -0.1) is 11.3 Å². The van der Waals surface area contributed by atoms with Crippen LogP contribution in [0.25, 0.3) is 10.8 Å². The van der Waals surface area contributed by atoms with Gasteiger partial charge in [-0.1, -0.05) is 6.07 Å². The van der Waals surface area contributed by atoms with Crippen molar-refractivity contribution >= 4 is 17.2 Å². The van der Waals surface area contributed by atoms with Gasteiger partial charge in [-0.25, -0.2) is 4.98 Å². The molecule has 7 heteroatoms. The number of carbonyl (C=O) groups is 1. The van der Waals surface area contributed by atoms with E-state index in [-0.39, 0.29) is 5.91 Å². The molecular weight excluding hydrogens is 324 g/mol. The number of rotatable bonds is 6. The number of carbonyl (C=O) groups excluding carboxylic acids is 1. The van der Waals surface area contributed by atoms with Crippen LogP contribution in [0.5, 0.6) is 0 Å². The zero-order valence-corrected chi connectivity index (χ0v) is 14.8. The van der Waals surface area contributed by atoms with Crippen LogP contribution >= 0.6 is 11.3 Å². The van der Waals surface area contributed by atoms with E-state index in [1.807, 2.05) is 43.1 Å². The molecule has 0 saturated heterocycles. The van der Waals surface area contributed by atoms with Crippen LogP contribution in [0.1, 0.15) is 29.1 Å². The molecule has 6 nitrogen and oxygen atoms in total. The van der Waals surface area contributed by atoms with E-state index in [4.69, 9.17) is 4.42 Å². The lowest BCUT2D eigenvalue weighted by molar-refractivity contribution is -0.121. The molecule has 0 unspecified atom stereocenters. The maximum atomic E-state index is 12.1. The molecule has 0 bridgehead atoms. The van der Waals surface area contributed by atoms with E-state index in [1.54, 1.807) is 17.6 Å². The normalized spacial score (nSPS) is 11.0. The summed E-state index contributed by atoms with van der Waals surface area (Å²) in [6.45, 7) is 4.37. The van der Waals surface area contributed by atoms with Gasteiger partial charge in [0.25, 0.3) is 0 Å². The Labute approximate surface area is 144 Å². The summed E-state index contributed by atoms with van der Waals surface area (Å²) in [4.78, 5) is 17.4. The standard InChI is InChI=1S/C17H20N4O2S/c1-11-14(12(2)21(3)20-11)6-7-16(22)18-9-13-10-23-17(19-13)15-5-4-8-24-15/h4-5,8,10H,6-7,9H2,1-3H3,(H,18,22). The van der Waals surface area contributed by atoms with Gasteiger partial charge in [0, 0.05) is 19.2 Å². The lowest BCUT2D eigenvalue weighted by Crippen LogP contribution is -2.23. The largest absolute Gasteiger partial charge is 0.443 e. The minimum Gasteiger partial charge on any atom is -0.443 e. The number of hydrogen-bond donors (Lipinski definition) is 1. The Morgan fingerprint density at radius 1 is 1.42 bits per heavy atom. The van der Waals surface area contributed by atoms with E-state index in [0.29, 0.717) is 25.3 Å². The monoisotopic (exact) mass is 344 g/mol. The molecule has 0 atom stereocenters. The fourth-order valence-corrected chi connectivity index (χ4v) is 3.25. The van der Waals surface area contributed by atoms with Gasteiger partial charge >= 0.3 is 0 Å². The molecule has 0 aliphatic carbocycles. The number of aromatic nitrogens is 3. The first kappa shape index (κ1) is 16.4. The van der Waals surface area contributed by atoms with E-state index in [9.17, 15) is 4.79 Å². The first-order valence-electron chi connectivity index (χ1n) is 7.78. The smallest absolute Gasteiger partial charge is 0.236 e. The molecule has 0 aliphatic heterocycles. The van der Waals surface area contributed by atoms with Crippen LogP contribution in [0.15, 0.2) is 28.2 Å². The molecule has 126 valence electrons. The summed E-state index contributed by atoms with van der Waals surface area (Å²) >= 11 is 1.57. The zero-order chi connectivity index (χ0) is 17.1. The van der Waals surface area contributed by atoms with Crippen molar-refractivity contribution in [3.05, 3.63) is 46.4 Å². The predicted octanol–water partition coefficient (Wildman–Crippen LogP) is 3.00. The highest BCUT2D eigenvalue weighted by atomic mass is 32.1. The Hall–Kier alpha value is -2.41. The van der Waals surface area contributed by atoms with Crippen molar-refractivity contribution in [1.29, 1.82) is 0 Å². The van der Waals surface area contributed by atoms with Crippen LogP contribution in [0.2, 0.25) is 0 Å². The van der Waals surface area contributed by atoms with E-state index in [1.165, 1.54) is 0 Å². The lowest BCUT2D eigenvalue weighted by atomic mass is 10.1. The van der Waals surface area contributed by atoms with Crippen molar-refractivity contribution < 1.29 is 9.21 Å². The van der Waals surface area contributed by atoms with Gasteiger partial charge in [0.05, 0.1) is 22.8 Å². The number of nitrogens with one attached hydrogen (secondary N) is 1. The predicted molar refractivity (Wildman–Crippen MR) is 92.7 cm³/mol. The third-order valence-electron chi connectivity index (χ3n) is 4.01. The highest BCUT2D eigenvalue weighted by molar-refractivity contribution is 7.13. The first-order chi connectivity index (χ1) is 11.5. The van der Waals surface area contributed by atoms with Crippen molar-refractivity contribution in [1.82, 2.24) is 20.1 Å². The van der Waals surface area contributed by atoms with Crippen LogP contribution in [0.4, 0.5) is 0 Å². The van der Waals surface area contributed by atoms with Gasteiger partial charge in [0.15, 0.2) is 0 Å². The summed E-state index contributed by atoms with van der Waals surface area (Å²) in [7, 11) is 1.92. The molecule has 24 heavy (non-hydrogen) atoms. The Kier molecular flexibility index (Phi) is 4.80. The Bertz CT molecular complexity index is 833. The fraction of sp³-hybridized carbons (Fsp3) is 0.353. The van der Waals surface area contributed by atoms with E-state index < -0.39 is 0 Å². The van der Waals surface area contributed by atoms with E-state index in [2.05, 4.69) is 15.4 Å². The number of aryl methyl sites for hydroxylation is 2. The molecule has 3 rings (SSSR count). The molecule has 1 N–H and O–H groups in total. The van der Waals surface area contributed by atoms with Gasteiger partial charge in [-0.3, -0.25) is 9.48 Å². The van der Waals surface area contributed by atoms with Crippen molar-refractivity contribution in [2.75, 3.05) is 0 Å². The second kappa shape index (κ2) is 7.00. The fourth-order valence-electron chi connectivity index (χ4n) is 2.60. The topological polar surface area (TPSA) is 73.0 Å². The number of oxazole rings is 1. The van der Waals surface area contributed by atoms with Crippen LogP contribution in [0.3, 0.4) is 0 Å². The summed E-state index contributed by atoms with van der Waals surface area (Å²) in [6, 6.07) is 3.91. The van der Waals surface area contributed by atoms with Crippen LogP contribution in [-0.4, -0.2) is 20.7 Å². The molecule has 0 fully saturated rings. The zero-order valence-electron chi connectivity index (χ0n) is 14.0. The van der Waals surface area contributed by atoms with Crippen molar-refractivity contribution in [2.45, 2.75) is 33.2 Å². The summed E-state index contributed by atoms with van der Waals surface area (Å²) in [5.74, 6) is 0.592. The summed E-state index contributed by atoms with van der Waals surface area (Å²) in [5, 5.41) is 9.24. The van der Waals surface area contributed by atoms with Gasteiger partial charge in [-0.05, 0) is 37.3 Å². The molecule has 0 aromatic carbocycles. The Morgan fingerprint density at radius 3 is 2.92 bits per heavy atom. The average Bonchev–Trinajstić information content (AvgIpc) is 3.27. The number of nitrogens with zero attached hydrogens (tertiary/aromatic N) is 3. The Morgan fingerprint density at radius 2 is 2.25 bits per heavy atom. The van der Waals surface area contributed by atoms with Crippen molar-refractivity contribution in [3.63, 3.8) is 0 Å². The summed E-state index contributed by atoms with van der Waals surface area (Å²) in [6.07, 6.45) is 2.71. The highest BCUT2D eigenvalue weighted by Gasteiger charge is 2.12. The molecule has 3 heterocycles. The first-order valence-corrected chi connectivity index (χ1v) is 8.66. The van der Waals surface area contributed by atoms with Crippen molar-refractivity contribution in [3.8, 4) is 10.8 Å². The third-order valence-corrected chi connectivity index (χ3v) is 4.87. The maximum Gasteiger partial charge on any atom is 0.236 e. The van der Waals surface area contributed by atoms with E-state index in [0.717, 1.165) is 27.5 Å². The second-order valence-corrected chi connectivity index (χ2v) is 6.62. The molecular formula is C17H20N4O2S. The Balaban J connectivity index is 1.51. The SMILES string of the molecule is Cc1nn(C)c(C)c1CCC(=O)NCc1coc(-c2cccs2)n1. The molecule has 3 aromatic heterocycles. The second-order valence-electron chi connectivity index (χ2n) is 5.67. The van der Waals surface area contributed by atoms with Gasteiger partial charge in [0.1, 0.15) is 6.26 Å². The highest BCUT2D eigenvalue weighted by Crippen LogP contribution is 2.23. The minimum absolute atomic E-state index is 0.00155. The summed E-state index contributed by atoms with van der Waals surface area (Å²) < 4.78 is 7.29. The van der Waals surface area contributed by atoms with Gasteiger partial charge < -0.3 is 9.73 Å². The molecule has 0 radical (unpaired) electrons. The molecule has 3 aromatic rings. The number of amides is 1. The van der Waals surface area contributed by atoms with Crippen LogP contribution < -0.4 is 5.32 Å². The van der Waals surface area contributed by atoms with Gasteiger partial charge in [0.2, 0.25) is 11.8 Å². The van der Waals surface area contributed by atoms with Crippen LogP contribution in [-0.2, 0) is 24.8 Å². The minimum atomic E-state index is -0.00155. The maximum absolute atomic E-state index is 12.1. The molecule has 0 saturated carbocycles.